The van der Waals surface area contributed by atoms with Crippen molar-refractivity contribution in [2.75, 3.05) is 24.7 Å². The van der Waals surface area contributed by atoms with E-state index in [1.807, 2.05) is 4.57 Å². The second-order valence-corrected chi connectivity index (χ2v) is 9.22. The van der Waals surface area contributed by atoms with Gasteiger partial charge in [-0.3, -0.25) is 0 Å². The number of aromatic nitrogens is 4. The maximum atomic E-state index is 14.4. The van der Waals surface area contributed by atoms with Crippen molar-refractivity contribution >= 4 is 44.3 Å². The number of nitrogens with zero attached hydrogens (tertiary/aromatic N) is 5. The van der Waals surface area contributed by atoms with E-state index < -0.39 is 15.7 Å². The molecule has 11 heteroatoms. The van der Waals surface area contributed by atoms with Crippen LogP contribution in [0.15, 0.2) is 35.7 Å². The van der Waals surface area contributed by atoms with Crippen molar-refractivity contribution in [3.05, 3.63) is 36.7 Å². The lowest BCUT2D eigenvalue weighted by Crippen LogP contribution is -2.28. The van der Waals surface area contributed by atoms with Crippen LogP contribution in [0, 0.1) is 5.82 Å². The van der Waals surface area contributed by atoms with Crippen LogP contribution >= 0.6 is 11.8 Å². The summed E-state index contributed by atoms with van der Waals surface area (Å²) >= 11 is 6.03. The SMILES string of the molecule is CS(=O)(=O)c1ccc(Nc2ncnc3c2ncn3C2CCN(Cl)CC2)c(F)c1. The summed E-state index contributed by atoms with van der Waals surface area (Å²) in [7, 11) is -3.48. The van der Waals surface area contributed by atoms with Crippen molar-refractivity contribution in [3.63, 3.8) is 0 Å². The Kier molecular flexibility index (Phi) is 4.94. The predicted molar refractivity (Wildman–Crippen MR) is 104 cm³/mol. The first-order valence-corrected chi connectivity index (χ1v) is 10.9. The van der Waals surface area contributed by atoms with Gasteiger partial charge in [-0.1, -0.05) is 0 Å². The van der Waals surface area contributed by atoms with E-state index in [4.69, 9.17) is 11.8 Å². The Hall–Kier alpha value is -2.30. The van der Waals surface area contributed by atoms with Gasteiger partial charge in [-0.2, -0.15) is 0 Å². The Morgan fingerprint density at radius 3 is 2.64 bits per heavy atom. The zero-order valence-corrected chi connectivity index (χ0v) is 16.6. The number of nitrogens with one attached hydrogen (secondary N) is 1. The molecular formula is C17H18ClFN6O2S. The van der Waals surface area contributed by atoms with Crippen LogP contribution in [0.25, 0.3) is 11.2 Å². The Bertz CT molecular complexity index is 1130. The van der Waals surface area contributed by atoms with Gasteiger partial charge < -0.3 is 9.88 Å². The zero-order valence-electron chi connectivity index (χ0n) is 15.0. The van der Waals surface area contributed by atoms with Crippen LogP contribution in [-0.4, -0.2) is 51.7 Å². The molecule has 8 nitrogen and oxygen atoms in total. The summed E-state index contributed by atoms with van der Waals surface area (Å²) in [6.45, 7) is 1.56. The molecule has 1 saturated heterocycles. The van der Waals surface area contributed by atoms with E-state index >= 15 is 0 Å². The number of hydrogen-bond acceptors (Lipinski definition) is 7. The molecule has 1 aromatic carbocycles. The summed E-state index contributed by atoms with van der Waals surface area (Å²) < 4.78 is 41.3. The van der Waals surface area contributed by atoms with Crippen molar-refractivity contribution in [2.45, 2.75) is 23.8 Å². The minimum atomic E-state index is -3.48. The van der Waals surface area contributed by atoms with E-state index in [1.165, 1.54) is 18.5 Å². The monoisotopic (exact) mass is 424 g/mol. The summed E-state index contributed by atoms with van der Waals surface area (Å²) in [5.74, 6) is -0.340. The lowest BCUT2D eigenvalue weighted by Gasteiger charge is -2.27. The van der Waals surface area contributed by atoms with Crippen LogP contribution in [0.4, 0.5) is 15.9 Å². The van der Waals surface area contributed by atoms with Gasteiger partial charge in [0.2, 0.25) is 0 Å². The molecule has 0 atom stereocenters. The van der Waals surface area contributed by atoms with Gasteiger partial charge in [-0.15, -0.1) is 0 Å². The van der Waals surface area contributed by atoms with Gasteiger partial charge in [0, 0.05) is 25.4 Å². The number of sulfone groups is 1. The second kappa shape index (κ2) is 7.26. The molecular weight excluding hydrogens is 407 g/mol. The molecule has 1 aliphatic heterocycles. The molecule has 0 spiro atoms. The molecule has 3 aromatic rings. The molecule has 0 bridgehead atoms. The molecule has 1 N–H and O–H groups in total. The van der Waals surface area contributed by atoms with Crippen molar-refractivity contribution < 1.29 is 12.8 Å². The average molecular weight is 425 g/mol. The number of fused-ring (bicyclic) bond motifs is 1. The van der Waals surface area contributed by atoms with E-state index in [0.717, 1.165) is 38.3 Å². The molecule has 148 valence electrons. The van der Waals surface area contributed by atoms with Crippen LogP contribution in [-0.2, 0) is 9.84 Å². The maximum absolute atomic E-state index is 14.4. The molecule has 4 rings (SSSR count). The van der Waals surface area contributed by atoms with Gasteiger partial charge in [0.1, 0.15) is 12.1 Å². The van der Waals surface area contributed by atoms with Crippen LogP contribution in [0.1, 0.15) is 18.9 Å². The van der Waals surface area contributed by atoms with Crippen molar-refractivity contribution in [1.82, 2.24) is 23.9 Å². The van der Waals surface area contributed by atoms with Gasteiger partial charge in [-0.25, -0.2) is 32.2 Å². The van der Waals surface area contributed by atoms with Crippen LogP contribution in [0.5, 0.6) is 0 Å². The predicted octanol–water partition coefficient (Wildman–Crippen LogP) is 2.90. The van der Waals surface area contributed by atoms with Crippen LogP contribution < -0.4 is 5.32 Å². The highest BCUT2D eigenvalue weighted by atomic mass is 35.5. The highest BCUT2D eigenvalue weighted by Gasteiger charge is 2.22. The third-order valence-corrected chi connectivity index (χ3v) is 6.23. The normalized spacial score (nSPS) is 16.5. The van der Waals surface area contributed by atoms with Gasteiger partial charge in [0.05, 0.1) is 16.9 Å². The molecule has 2 aromatic heterocycles. The standard InChI is InChI=1S/C17H18ClFN6O2S/c1-28(26,27)12-2-3-14(13(19)8-12)23-16-15-17(21-9-20-16)25(10-22-15)11-4-6-24(18)7-5-11/h2-3,8-11H,4-7H2,1H3,(H,20,21,23). The highest BCUT2D eigenvalue weighted by Crippen LogP contribution is 2.29. The van der Waals surface area contributed by atoms with Crippen molar-refractivity contribution in [1.29, 1.82) is 0 Å². The molecule has 1 aliphatic rings. The van der Waals surface area contributed by atoms with Gasteiger partial charge >= 0.3 is 0 Å². The Labute approximate surface area is 166 Å². The smallest absolute Gasteiger partial charge is 0.175 e. The van der Waals surface area contributed by atoms with E-state index in [2.05, 4.69) is 20.3 Å². The van der Waals surface area contributed by atoms with Gasteiger partial charge in [0.15, 0.2) is 26.8 Å². The van der Waals surface area contributed by atoms with Gasteiger partial charge in [-0.05, 0) is 42.8 Å². The number of rotatable bonds is 4. The van der Waals surface area contributed by atoms with Crippen LogP contribution in [0.3, 0.4) is 0 Å². The van der Waals surface area contributed by atoms with E-state index in [-0.39, 0.29) is 16.6 Å². The molecule has 0 saturated carbocycles. The molecule has 0 aliphatic carbocycles. The van der Waals surface area contributed by atoms with E-state index in [1.54, 1.807) is 10.7 Å². The highest BCUT2D eigenvalue weighted by molar-refractivity contribution is 7.90. The number of piperidine rings is 1. The largest absolute Gasteiger partial charge is 0.336 e. The lowest BCUT2D eigenvalue weighted by atomic mass is 10.1. The molecule has 1 fully saturated rings. The van der Waals surface area contributed by atoms with Crippen molar-refractivity contribution in [2.24, 2.45) is 0 Å². The molecule has 0 amide bonds. The summed E-state index contributed by atoms with van der Waals surface area (Å²) in [5.41, 5.74) is 1.28. The topological polar surface area (TPSA) is 93.0 Å². The summed E-state index contributed by atoms with van der Waals surface area (Å²) in [5, 5.41) is 2.89. The quantitative estimate of drug-likeness (QED) is 0.643. The zero-order chi connectivity index (χ0) is 19.9. The lowest BCUT2D eigenvalue weighted by molar-refractivity contribution is 0.286. The third kappa shape index (κ3) is 3.67. The molecule has 28 heavy (non-hydrogen) atoms. The average Bonchev–Trinajstić information content (AvgIpc) is 3.08. The summed E-state index contributed by atoms with van der Waals surface area (Å²) in [4.78, 5) is 12.8. The number of imidazole rings is 1. The fourth-order valence-electron chi connectivity index (χ4n) is 3.28. The molecule has 0 radical (unpaired) electrons. The van der Waals surface area contributed by atoms with E-state index in [9.17, 15) is 12.8 Å². The maximum Gasteiger partial charge on any atom is 0.175 e. The van der Waals surface area contributed by atoms with Gasteiger partial charge in [0.25, 0.3) is 0 Å². The number of benzene rings is 1. The Morgan fingerprint density at radius 1 is 1.21 bits per heavy atom. The Morgan fingerprint density at radius 2 is 1.96 bits per heavy atom. The first kappa shape index (κ1) is 19.0. The first-order chi connectivity index (χ1) is 13.3. The number of hydrogen-bond donors (Lipinski definition) is 1. The summed E-state index contributed by atoms with van der Waals surface area (Å²) in [6, 6.07) is 3.92. The van der Waals surface area contributed by atoms with E-state index in [0.29, 0.717) is 17.0 Å². The first-order valence-electron chi connectivity index (χ1n) is 8.68. The fourth-order valence-corrected chi connectivity index (χ4v) is 4.11. The minimum absolute atomic E-state index is 0.0849. The molecule has 3 heterocycles. The Balaban J connectivity index is 1.65. The third-order valence-electron chi connectivity index (χ3n) is 4.78. The van der Waals surface area contributed by atoms with Crippen LogP contribution in [0.2, 0.25) is 0 Å². The second-order valence-electron chi connectivity index (χ2n) is 6.73. The summed E-state index contributed by atoms with van der Waals surface area (Å²) in [6.07, 6.45) is 5.89. The minimum Gasteiger partial charge on any atom is -0.336 e. The number of anilines is 2. The van der Waals surface area contributed by atoms with Crippen molar-refractivity contribution in [3.8, 4) is 0 Å². The molecule has 0 unspecified atom stereocenters. The number of halogens is 2. The fraction of sp³-hybridized carbons (Fsp3) is 0.353.